The van der Waals surface area contributed by atoms with Gasteiger partial charge in [0.15, 0.2) is 0 Å². The van der Waals surface area contributed by atoms with Gasteiger partial charge in [0.1, 0.15) is 17.5 Å². The highest BCUT2D eigenvalue weighted by molar-refractivity contribution is 9.11. The number of esters is 1. The third kappa shape index (κ3) is 5.99. The molecule has 3 aliphatic heterocycles. The lowest BCUT2D eigenvalue weighted by molar-refractivity contribution is -0.139. The van der Waals surface area contributed by atoms with E-state index in [2.05, 4.69) is 26.7 Å². The average Bonchev–Trinajstić information content (AvgIpc) is 3.26. The number of carbonyl (C=O) groups excluding carboxylic acids is 5. The van der Waals surface area contributed by atoms with Gasteiger partial charge >= 0.3 is 34.3 Å². The van der Waals surface area contributed by atoms with Crippen LogP contribution in [0.1, 0.15) is 16.8 Å². The number of rotatable bonds is 7. The van der Waals surface area contributed by atoms with Crippen molar-refractivity contribution < 1.29 is 47.0 Å². The van der Waals surface area contributed by atoms with Crippen LogP contribution in [0.5, 0.6) is 0 Å². The van der Waals surface area contributed by atoms with E-state index in [1.54, 1.807) is 35.1 Å². The first-order chi connectivity index (χ1) is 18.9. The molecule has 0 radical (unpaired) electrons. The Morgan fingerprint density at radius 2 is 1.80 bits per heavy atom. The molecule has 40 heavy (non-hydrogen) atoms. The number of hydrazine groups is 1. The number of ether oxygens (including phenoxy) is 1. The van der Waals surface area contributed by atoms with E-state index >= 15 is 0 Å². The van der Waals surface area contributed by atoms with E-state index < -0.39 is 65.3 Å². The number of hydrogen-bond donors (Lipinski definition) is 5. The van der Waals surface area contributed by atoms with Crippen LogP contribution in [-0.4, -0.2) is 89.4 Å². The standard InChI is InChI=1S/C21H20BrN7O10S/c22-13-8-12(39-18(32)11-4-2-1-3-5-11)9-23-15(13)16(30)25-28-6-7-29(21(28)36)40(37,38)26-19(33)27-10-14(17(27)31)24-20(34)35/h1-5,9,14,23-24H,6-8,10H2,(H,25,30)(H,26,33)(H,34,35)/t14-/m0/s1. The number of benzene rings is 1. The van der Waals surface area contributed by atoms with E-state index in [1.807, 2.05) is 5.32 Å². The predicted molar refractivity (Wildman–Crippen MR) is 135 cm³/mol. The molecule has 5 N–H and O–H groups in total. The van der Waals surface area contributed by atoms with Crippen molar-refractivity contribution in [3.05, 3.63) is 58.0 Å². The fourth-order valence-corrected chi connectivity index (χ4v) is 5.28. The minimum Gasteiger partial charge on any atom is -0.465 e. The van der Waals surface area contributed by atoms with Crippen molar-refractivity contribution in [1.29, 1.82) is 0 Å². The topological polar surface area (TPSA) is 224 Å². The van der Waals surface area contributed by atoms with E-state index in [0.29, 0.717) is 15.5 Å². The summed E-state index contributed by atoms with van der Waals surface area (Å²) in [5.41, 5.74) is 2.54. The summed E-state index contributed by atoms with van der Waals surface area (Å²) in [4.78, 5) is 72.8. The van der Waals surface area contributed by atoms with Crippen LogP contribution < -0.4 is 20.8 Å². The predicted octanol–water partition coefficient (Wildman–Crippen LogP) is -0.514. The first-order valence-electron chi connectivity index (χ1n) is 11.3. The number of dihydropyridines is 1. The third-order valence-electron chi connectivity index (χ3n) is 5.62. The molecule has 212 valence electrons. The first-order valence-corrected chi connectivity index (χ1v) is 13.5. The summed E-state index contributed by atoms with van der Waals surface area (Å²) in [5.74, 6) is -2.19. The number of nitrogens with zero attached hydrogens (tertiary/aromatic N) is 3. The van der Waals surface area contributed by atoms with Gasteiger partial charge in [-0.05, 0) is 12.1 Å². The fourth-order valence-electron chi connectivity index (χ4n) is 3.64. The van der Waals surface area contributed by atoms with Gasteiger partial charge in [0.25, 0.3) is 11.8 Å². The van der Waals surface area contributed by atoms with Gasteiger partial charge in [-0.15, -0.1) is 0 Å². The highest BCUT2D eigenvalue weighted by Crippen LogP contribution is 2.25. The number of carboxylic acid groups (broad SMARTS) is 1. The number of allylic oxidation sites excluding steroid dienone is 1. The number of carbonyl (C=O) groups is 6. The van der Waals surface area contributed by atoms with Crippen molar-refractivity contribution in [2.24, 2.45) is 0 Å². The Kier molecular flexibility index (Phi) is 7.96. The Balaban J connectivity index is 1.30. The summed E-state index contributed by atoms with van der Waals surface area (Å²) in [6, 6.07) is 4.48. The molecule has 1 aromatic rings. The number of hydrogen-bond acceptors (Lipinski definition) is 10. The van der Waals surface area contributed by atoms with Crippen LogP contribution in [0.2, 0.25) is 0 Å². The molecule has 3 aliphatic rings. The normalized spacial score (nSPS) is 18.9. The lowest BCUT2D eigenvalue weighted by Crippen LogP contribution is -2.67. The maximum atomic E-state index is 12.8. The van der Waals surface area contributed by atoms with Crippen molar-refractivity contribution in [1.82, 2.24) is 35.0 Å². The lowest BCUT2D eigenvalue weighted by atomic mass is 10.1. The lowest BCUT2D eigenvalue weighted by Gasteiger charge is -2.36. The number of likely N-dealkylation sites (tertiary alicyclic amines) is 1. The van der Waals surface area contributed by atoms with Crippen molar-refractivity contribution in [3.8, 4) is 0 Å². The van der Waals surface area contributed by atoms with E-state index in [-0.39, 0.29) is 33.2 Å². The molecule has 0 aromatic heterocycles. The summed E-state index contributed by atoms with van der Waals surface area (Å²) in [5, 5.41) is 13.8. The molecule has 2 fully saturated rings. The largest absolute Gasteiger partial charge is 0.465 e. The Morgan fingerprint density at radius 3 is 2.42 bits per heavy atom. The van der Waals surface area contributed by atoms with Crippen molar-refractivity contribution in [2.45, 2.75) is 12.5 Å². The van der Waals surface area contributed by atoms with Gasteiger partial charge in [0, 0.05) is 17.1 Å². The average molecular weight is 642 g/mol. The van der Waals surface area contributed by atoms with Crippen molar-refractivity contribution >= 4 is 62.1 Å². The van der Waals surface area contributed by atoms with E-state index in [4.69, 9.17) is 9.84 Å². The van der Waals surface area contributed by atoms with Gasteiger partial charge in [-0.3, -0.25) is 19.9 Å². The number of β-lactam (4-membered cyclic amide) rings is 1. The van der Waals surface area contributed by atoms with Gasteiger partial charge in [0.05, 0.1) is 25.2 Å². The summed E-state index contributed by atoms with van der Waals surface area (Å²) in [7, 11) is -4.77. The molecule has 4 rings (SSSR count). The second-order valence-corrected chi connectivity index (χ2v) is 10.8. The Morgan fingerprint density at radius 1 is 1.10 bits per heavy atom. The SMILES string of the molecule is O=C(O)N[C@H]1CN(C(=O)NS(=O)(=O)N2CCN(NC(=O)C3=C(Br)CC(OC(=O)c4ccccc4)=CN3)C2=O)C1=O. The monoisotopic (exact) mass is 641 g/mol. The third-order valence-corrected chi connectivity index (χ3v) is 7.65. The van der Waals surface area contributed by atoms with Gasteiger partial charge < -0.3 is 20.5 Å². The van der Waals surface area contributed by atoms with Crippen LogP contribution in [0.15, 0.2) is 52.5 Å². The van der Waals surface area contributed by atoms with E-state index in [0.717, 1.165) is 0 Å². The smallest absolute Gasteiger partial charge is 0.405 e. The maximum absolute atomic E-state index is 12.8. The fraction of sp³-hybridized carbons (Fsp3) is 0.238. The Bertz CT molecular complexity index is 1460. The molecular formula is C21H20BrN7O10S. The van der Waals surface area contributed by atoms with Crippen LogP contribution in [0.4, 0.5) is 14.4 Å². The molecule has 0 saturated carbocycles. The van der Waals surface area contributed by atoms with Crippen LogP contribution in [0.3, 0.4) is 0 Å². The second kappa shape index (κ2) is 11.2. The second-order valence-electron chi connectivity index (χ2n) is 8.28. The van der Waals surface area contributed by atoms with Crippen LogP contribution in [0, 0.1) is 0 Å². The molecule has 1 atom stereocenters. The summed E-state index contributed by atoms with van der Waals surface area (Å²) < 4.78 is 32.6. The minimum absolute atomic E-state index is 0.0207. The quantitative estimate of drug-likeness (QED) is 0.188. The zero-order valence-electron chi connectivity index (χ0n) is 20.1. The molecule has 0 spiro atoms. The zero-order chi connectivity index (χ0) is 29.2. The first kappa shape index (κ1) is 28.4. The Hall–Kier alpha value is -4.65. The molecule has 0 aliphatic carbocycles. The van der Waals surface area contributed by atoms with Gasteiger partial charge in [-0.25, -0.2) is 33.2 Å². The molecule has 19 heteroatoms. The molecular weight excluding hydrogens is 622 g/mol. The minimum atomic E-state index is -4.77. The maximum Gasteiger partial charge on any atom is 0.405 e. The van der Waals surface area contributed by atoms with Crippen LogP contribution in [0.25, 0.3) is 0 Å². The molecule has 7 amide bonds. The molecule has 1 aromatic carbocycles. The molecule has 3 heterocycles. The number of amides is 7. The number of imide groups is 1. The summed E-state index contributed by atoms with van der Waals surface area (Å²) >= 11 is 3.22. The van der Waals surface area contributed by atoms with Crippen molar-refractivity contribution in [2.75, 3.05) is 19.6 Å². The molecule has 17 nitrogen and oxygen atoms in total. The molecule has 2 saturated heterocycles. The van der Waals surface area contributed by atoms with E-state index in [9.17, 15) is 37.2 Å². The number of nitrogens with one attached hydrogen (secondary N) is 4. The highest BCUT2D eigenvalue weighted by atomic mass is 79.9. The number of halogens is 1. The molecule has 0 unspecified atom stereocenters. The summed E-state index contributed by atoms with van der Waals surface area (Å²) in [6.07, 6.45) is -0.191. The van der Waals surface area contributed by atoms with Gasteiger partial charge in [-0.1, -0.05) is 34.1 Å². The van der Waals surface area contributed by atoms with Crippen LogP contribution in [-0.2, 0) is 24.5 Å². The number of urea groups is 2. The molecule has 0 bridgehead atoms. The van der Waals surface area contributed by atoms with Gasteiger partial charge in [0.2, 0.25) is 0 Å². The van der Waals surface area contributed by atoms with E-state index in [1.165, 1.54) is 6.20 Å². The summed E-state index contributed by atoms with van der Waals surface area (Å²) in [6.45, 7) is -1.11. The van der Waals surface area contributed by atoms with Crippen LogP contribution >= 0.6 is 15.9 Å². The van der Waals surface area contributed by atoms with Crippen molar-refractivity contribution in [3.63, 3.8) is 0 Å². The van der Waals surface area contributed by atoms with Gasteiger partial charge in [-0.2, -0.15) is 8.42 Å². The highest BCUT2D eigenvalue weighted by Gasteiger charge is 2.45. The Labute approximate surface area is 234 Å². The zero-order valence-corrected chi connectivity index (χ0v) is 22.5.